The van der Waals surface area contributed by atoms with Gasteiger partial charge in [0.1, 0.15) is 0 Å². The van der Waals surface area contributed by atoms with Crippen molar-refractivity contribution in [1.82, 2.24) is 0 Å². The third-order valence-electron chi connectivity index (χ3n) is 4.56. The predicted molar refractivity (Wildman–Crippen MR) is 54.0 cm³/mol. The second-order valence-electron chi connectivity index (χ2n) is 5.73. The molecular weight excluding hydrogens is 188 g/mol. The summed E-state index contributed by atoms with van der Waals surface area (Å²) in [6.45, 7) is 0. The molecule has 79 valence electrons. The second-order valence-corrected chi connectivity index (χ2v) is 5.73. The minimum absolute atomic E-state index is 0.212. The van der Waals surface area contributed by atoms with Gasteiger partial charge in [-0.05, 0) is 50.4 Å². The summed E-state index contributed by atoms with van der Waals surface area (Å²) in [5.41, 5.74) is 4.84. The second kappa shape index (κ2) is 2.55. The fraction of sp³-hybridized carbons (Fsp3) is 0.750. The summed E-state index contributed by atoms with van der Waals surface area (Å²) in [6.07, 6.45) is 6.83. The summed E-state index contributed by atoms with van der Waals surface area (Å²) in [5, 5.41) is 9.31. The Morgan fingerprint density at radius 2 is 2.27 bits per heavy atom. The van der Waals surface area contributed by atoms with E-state index in [9.17, 15) is 10.1 Å². The Kier molecular flexibility index (Phi) is 1.57. The van der Waals surface area contributed by atoms with Crippen molar-refractivity contribution in [1.29, 1.82) is 5.26 Å². The molecule has 0 aromatic rings. The van der Waals surface area contributed by atoms with E-state index in [-0.39, 0.29) is 11.3 Å². The van der Waals surface area contributed by atoms with Crippen LogP contribution in [0.3, 0.4) is 0 Å². The van der Waals surface area contributed by atoms with E-state index in [1.54, 1.807) is 0 Å². The number of nitriles is 1. The van der Waals surface area contributed by atoms with Crippen LogP contribution >= 0.6 is 0 Å². The fourth-order valence-corrected chi connectivity index (χ4v) is 4.33. The lowest BCUT2D eigenvalue weighted by Gasteiger charge is -2.58. The molecule has 0 spiro atoms. The van der Waals surface area contributed by atoms with Crippen LogP contribution in [0.25, 0.3) is 0 Å². The third-order valence-corrected chi connectivity index (χ3v) is 4.56. The van der Waals surface area contributed by atoms with Gasteiger partial charge in [0.25, 0.3) is 0 Å². The molecule has 4 atom stereocenters. The van der Waals surface area contributed by atoms with Crippen LogP contribution in [-0.4, -0.2) is 5.91 Å². The number of nitrogens with zero attached hydrogens (tertiary/aromatic N) is 1. The van der Waals surface area contributed by atoms with Crippen molar-refractivity contribution in [3.63, 3.8) is 0 Å². The van der Waals surface area contributed by atoms with Crippen LogP contribution in [0.1, 0.15) is 32.1 Å². The van der Waals surface area contributed by atoms with Gasteiger partial charge in [-0.15, -0.1) is 0 Å². The molecule has 4 aliphatic carbocycles. The SMILES string of the molecule is N#CC12CC3[CH]C(C(N)=O)(CC(C3)C1)C2. The Labute approximate surface area is 89.6 Å². The third kappa shape index (κ3) is 1.08. The standard InChI is InChI=1S/C12H15N2O/c13-7-11-2-8-1-9(3-11)5-12(4-8,6-11)10(14)15/h4,8-9H,1-3,5-6H2,(H2,14,15). The summed E-state index contributed by atoms with van der Waals surface area (Å²) < 4.78 is 0. The van der Waals surface area contributed by atoms with Crippen molar-refractivity contribution in [2.24, 2.45) is 28.4 Å². The number of carbonyl (C=O) groups excluding carboxylic acids is 1. The zero-order valence-corrected chi connectivity index (χ0v) is 8.70. The van der Waals surface area contributed by atoms with Gasteiger partial charge in [-0.2, -0.15) is 5.26 Å². The van der Waals surface area contributed by atoms with Crippen molar-refractivity contribution in [3.8, 4) is 6.07 Å². The molecule has 0 aliphatic heterocycles. The molecule has 1 amide bonds. The van der Waals surface area contributed by atoms with Gasteiger partial charge < -0.3 is 5.73 Å². The van der Waals surface area contributed by atoms with Gasteiger partial charge in [-0.1, -0.05) is 0 Å². The molecule has 4 rings (SSSR count). The van der Waals surface area contributed by atoms with E-state index in [0.717, 1.165) is 19.3 Å². The van der Waals surface area contributed by atoms with E-state index in [2.05, 4.69) is 12.5 Å². The Hall–Kier alpha value is -1.04. The molecule has 15 heavy (non-hydrogen) atoms. The van der Waals surface area contributed by atoms with Crippen molar-refractivity contribution in [2.45, 2.75) is 32.1 Å². The van der Waals surface area contributed by atoms with E-state index in [0.29, 0.717) is 18.3 Å². The average Bonchev–Trinajstić information content (AvgIpc) is 2.15. The van der Waals surface area contributed by atoms with E-state index in [1.165, 1.54) is 6.42 Å². The summed E-state index contributed by atoms with van der Waals surface area (Å²) in [4.78, 5) is 11.6. The number of nitrogens with two attached hydrogens (primary N) is 1. The number of primary amides is 1. The van der Waals surface area contributed by atoms with Gasteiger partial charge in [-0.3, -0.25) is 4.79 Å². The number of hydrogen-bond acceptors (Lipinski definition) is 2. The number of carbonyl (C=O) groups is 1. The Bertz CT molecular complexity index is 354. The van der Waals surface area contributed by atoms with Gasteiger partial charge in [0, 0.05) is 0 Å². The molecule has 4 fully saturated rings. The summed E-state index contributed by atoms with van der Waals surface area (Å²) >= 11 is 0. The molecule has 0 heterocycles. The van der Waals surface area contributed by atoms with Crippen molar-refractivity contribution >= 4 is 5.91 Å². The topological polar surface area (TPSA) is 66.9 Å². The summed E-state index contributed by atoms with van der Waals surface area (Å²) in [7, 11) is 0. The highest BCUT2D eigenvalue weighted by Crippen LogP contribution is 2.64. The highest BCUT2D eigenvalue weighted by molar-refractivity contribution is 5.83. The molecule has 0 aromatic carbocycles. The quantitative estimate of drug-likeness (QED) is 0.699. The molecular formula is C12H15N2O. The minimum atomic E-state index is -0.445. The molecule has 2 N–H and O–H groups in total. The van der Waals surface area contributed by atoms with Gasteiger partial charge in [0.15, 0.2) is 0 Å². The molecule has 3 heteroatoms. The molecule has 1 radical (unpaired) electrons. The lowest BCUT2D eigenvalue weighted by Crippen LogP contribution is -2.56. The first-order valence-corrected chi connectivity index (χ1v) is 5.65. The summed E-state index contributed by atoms with van der Waals surface area (Å²) in [5.74, 6) is 0.796. The van der Waals surface area contributed by atoms with Crippen molar-refractivity contribution in [3.05, 3.63) is 6.42 Å². The van der Waals surface area contributed by atoms with E-state index in [1.807, 2.05) is 0 Å². The van der Waals surface area contributed by atoms with Crippen molar-refractivity contribution < 1.29 is 4.79 Å². The van der Waals surface area contributed by atoms with Gasteiger partial charge in [-0.25, -0.2) is 0 Å². The molecule has 0 aromatic heterocycles. The van der Waals surface area contributed by atoms with E-state index >= 15 is 0 Å². The zero-order chi connectivity index (χ0) is 10.7. The molecule has 4 unspecified atom stereocenters. The molecule has 4 aliphatic rings. The minimum Gasteiger partial charge on any atom is -0.369 e. The van der Waals surface area contributed by atoms with Gasteiger partial charge >= 0.3 is 0 Å². The van der Waals surface area contributed by atoms with E-state index in [4.69, 9.17) is 5.73 Å². The first-order chi connectivity index (χ1) is 7.07. The lowest BCUT2D eigenvalue weighted by atomic mass is 9.44. The van der Waals surface area contributed by atoms with Crippen LogP contribution in [0.4, 0.5) is 0 Å². The van der Waals surface area contributed by atoms with E-state index < -0.39 is 5.41 Å². The first kappa shape index (κ1) is 9.21. The molecule has 4 bridgehead atoms. The zero-order valence-electron chi connectivity index (χ0n) is 8.70. The van der Waals surface area contributed by atoms with Crippen LogP contribution in [0.15, 0.2) is 0 Å². The first-order valence-electron chi connectivity index (χ1n) is 5.65. The van der Waals surface area contributed by atoms with Crippen LogP contribution in [0, 0.1) is 40.4 Å². The maximum atomic E-state index is 11.6. The smallest absolute Gasteiger partial charge is 0.224 e. The van der Waals surface area contributed by atoms with Gasteiger partial charge in [0.05, 0.1) is 16.9 Å². The Morgan fingerprint density at radius 3 is 2.87 bits per heavy atom. The highest BCUT2D eigenvalue weighted by atomic mass is 16.1. The normalized spacial score (nSPS) is 51.4. The number of amides is 1. The Balaban J connectivity index is 2.03. The lowest BCUT2D eigenvalue weighted by molar-refractivity contribution is -0.138. The summed E-state index contributed by atoms with van der Waals surface area (Å²) in [6, 6.07) is 2.46. The molecule has 3 nitrogen and oxygen atoms in total. The monoisotopic (exact) mass is 203 g/mol. The Morgan fingerprint density at radius 1 is 1.47 bits per heavy atom. The van der Waals surface area contributed by atoms with Crippen molar-refractivity contribution in [2.75, 3.05) is 0 Å². The molecule has 0 saturated heterocycles. The maximum Gasteiger partial charge on any atom is 0.224 e. The number of rotatable bonds is 1. The number of hydrogen-bond donors (Lipinski definition) is 1. The van der Waals surface area contributed by atoms with Crippen LogP contribution in [-0.2, 0) is 4.79 Å². The van der Waals surface area contributed by atoms with Crippen LogP contribution in [0.2, 0.25) is 0 Å². The average molecular weight is 203 g/mol. The molecule has 4 saturated carbocycles. The van der Waals surface area contributed by atoms with Crippen LogP contribution < -0.4 is 5.73 Å². The van der Waals surface area contributed by atoms with Gasteiger partial charge in [0.2, 0.25) is 5.91 Å². The fourth-order valence-electron chi connectivity index (χ4n) is 4.33. The highest BCUT2D eigenvalue weighted by Gasteiger charge is 2.60. The largest absolute Gasteiger partial charge is 0.369 e. The van der Waals surface area contributed by atoms with Crippen LogP contribution in [0.5, 0.6) is 0 Å². The maximum absolute atomic E-state index is 11.6. The predicted octanol–water partition coefficient (Wildman–Crippen LogP) is 1.40.